The molecule has 2 saturated heterocycles. The number of esters is 1. The number of carbonyl (C=O) groups is 3. The van der Waals surface area contributed by atoms with Crippen molar-refractivity contribution in [2.45, 2.75) is 6.42 Å². The van der Waals surface area contributed by atoms with Crippen molar-refractivity contribution >= 4 is 63.8 Å². The van der Waals surface area contributed by atoms with Crippen LogP contribution in [0.1, 0.15) is 22.3 Å². The van der Waals surface area contributed by atoms with E-state index in [4.69, 9.17) is 43.1 Å². The lowest BCUT2D eigenvalue weighted by molar-refractivity contribution is -0.134. The van der Waals surface area contributed by atoms with Crippen LogP contribution in [0.15, 0.2) is 65.6 Å². The van der Waals surface area contributed by atoms with Crippen LogP contribution in [0.4, 0.5) is 4.39 Å². The Labute approximate surface area is 273 Å². The molecule has 1 N–H and O–H groups in total. The zero-order valence-electron chi connectivity index (χ0n) is 23.9. The van der Waals surface area contributed by atoms with Crippen LogP contribution < -0.4 is 9.47 Å². The standard InChI is InChI=1S/C32H28ClFN2O7S2/c33-25-18-22(3-7-26(25)34)21-4-8-27(42-16-13-35-11-14-41-15-12-35)23(17-21)19-28-30(38)36(32(44)45-28)10-9-29(37)43-24-5-1-20(2-6-24)31(39)40/h1-8,17-19H,9-16H2,(H,39,40). The van der Waals surface area contributed by atoms with Gasteiger partial charge >= 0.3 is 11.9 Å². The lowest BCUT2D eigenvalue weighted by atomic mass is 10.0. The Kier molecular flexibility index (Phi) is 10.8. The molecular weight excluding hydrogens is 643 g/mol. The van der Waals surface area contributed by atoms with Crippen LogP contribution in [0.5, 0.6) is 11.5 Å². The monoisotopic (exact) mass is 670 g/mol. The molecule has 3 aromatic rings. The van der Waals surface area contributed by atoms with Crippen LogP contribution in [-0.2, 0) is 14.3 Å². The highest BCUT2D eigenvalue weighted by Crippen LogP contribution is 2.36. The van der Waals surface area contributed by atoms with Crippen molar-refractivity contribution in [3.05, 3.63) is 87.5 Å². The molecule has 2 fully saturated rings. The van der Waals surface area contributed by atoms with E-state index in [1.807, 2.05) is 12.1 Å². The van der Waals surface area contributed by atoms with Crippen molar-refractivity contribution in [2.75, 3.05) is 46.0 Å². The topological polar surface area (TPSA) is 106 Å². The van der Waals surface area contributed by atoms with Crippen LogP contribution >= 0.6 is 35.6 Å². The third-order valence-corrected chi connectivity index (χ3v) is 8.73. The van der Waals surface area contributed by atoms with Crippen molar-refractivity contribution in [3.8, 4) is 22.6 Å². The summed E-state index contributed by atoms with van der Waals surface area (Å²) in [5, 5.41) is 9.02. The van der Waals surface area contributed by atoms with Gasteiger partial charge in [-0.1, -0.05) is 47.7 Å². The minimum atomic E-state index is -1.09. The fourth-order valence-corrected chi connectivity index (χ4v) is 6.12. The quantitative estimate of drug-likeness (QED) is 0.117. The van der Waals surface area contributed by atoms with Gasteiger partial charge in [-0.3, -0.25) is 19.4 Å². The van der Waals surface area contributed by atoms with Gasteiger partial charge in [-0.25, -0.2) is 9.18 Å². The number of thioether (sulfide) groups is 1. The first-order valence-electron chi connectivity index (χ1n) is 14.0. The molecule has 1 amide bonds. The molecule has 13 heteroatoms. The Morgan fingerprint density at radius 1 is 1.04 bits per heavy atom. The molecule has 5 rings (SSSR count). The van der Waals surface area contributed by atoms with Gasteiger partial charge in [-0.15, -0.1) is 0 Å². The van der Waals surface area contributed by atoms with E-state index in [1.54, 1.807) is 18.2 Å². The second-order valence-corrected chi connectivity index (χ2v) is 12.2. The number of hydrogen-bond acceptors (Lipinski definition) is 9. The Morgan fingerprint density at radius 3 is 2.47 bits per heavy atom. The van der Waals surface area contributed by atoms with E-state index in [-0.39, 0.29) is 35.2 Å². The van der Waals surface area contributed by atoms with Gasteiger partial charge in [0, 0.05) is 31.7 Å². The van der Waals surface area contributed by atoms with Gasteiger partial charge in [0.05, 0.1) is 35.1 Å². The lowest BCUT2D eigenvalue weighted by Gasteiger charge is -2.26. The highest BCUT2D eigenvalue weighted by atomic mass is 35.5. The molecule has 3 aromatic carbocycles. The summed E-state index contributed by atoms with van der Waals surface area (Å²) in [6.07, 6.45) is 1.57. The van der Waals surface area contributed by atoms with Crippen LogP contribution in [0.25, 0.3) is 17.2 Å². The van der Waals surface area contributed by atoms with E-state index in [1.165, 1.54) is 41.3 Å². The van der Waals surface area contributed by atoms with Crippen molar-refractivity contribution in [1.29, 1.82) is 0 Å². The predicted molar refractivity (Wildman–Crippen MR) is 173 cm³/mol. The smallest absolute Gasteiger partial charge is 0.335 e. The van der Waals surface area contributed by atoms with Crippen molar-refractivity contribution in [2.24, 2.45) is 0 Å². The molecule has 2 aliphatic heterocycles. The minimum absolute atomic E-state index is 0.00318. The summed E-state index contributed by atoms with van der Waals surface area (Å²) in [7, 11) is 0. The summed E-state index contributed by atoms with van der Waals surface area (Å²) in [4.78, 5) is 40.8. The third-order valence-electron chi connectivity index (χ3n) is 7.06. The van der Waals surface area contributed by atoms with Crippen LogP contribution in [0.3, 0.4) is 0 Å². The third kappa shape index (κ3) is 8.47. The number of amides is 1. The summed E-state index contributed by atoms with van der Waals surface area (Å²) in [5.41, 5.74) is 2.13. The van der Waals surface area contributed by atoms with Crippen LogP contribution in [-0.4, -0.2) is 83.1 Å². The Bertz CT molecular complexity index is 1640. The summed E-state index contributed by atoms with van der Waals surface area (Å²) in [5.74, 6) is -1.82. The predicted octanol–water partition coefficient (Wildman–Crippen LogP) is 5.75. The fraction of sp³-hybridized carbons (Fsp3) is 0.250. The van der Waals surface area contributed by atoms with Crippen LogP contribution in [0.2, 0.25) is 5.02 Å². The maximum atomic E-state index is 13.8. The van der Waals surface area contributed by atoms with Gasteiger partial charge < -0.3 is 19.3 Å². The molecule has 0 saturated carbocycles. The molecule has 9 nitrogen and oxygen atoms in total. The summed E-state index contributed by atoms with van der Waals surface area (Å²) >= 11 is 12.6. The summed E-state index contributed by atoms with van der Waals surface area (Å²) < 4.78 is 31.0. The maximum Gasteiger partial charge on any atom is 0.335 e. The molecule has 0 spiro atoms. The fourth-order valence-electron chi connectivity index (χ4n) is 4.64. The zero-order valence-corrected chi connectivity index (χ0v) is 26.3. The number of hydrogen-bond donors (Lipinski definition) is 1. The molecule has 0 aliphatic carbocycles. The molecule has 2 heterocycles. The van der Waals surface area contributed by atoms with Crippen molar-refractivity contribution in [3.63, 3.8) is 0 Å². The molecule has 2 aliphatic rings. The molecule has 0 bridgehead atoms. The number of benzene rings is 3. The van der Waals surface area contributed by atoms with E-state index in [0.29, 0.717) is 52.5 Å². The van der Waals surface area contributed by atoms with E-state index < -0.39 is 17.8 Å². The van der Waals surface area contributed by atoms with Crippen molar-refractivity contribution in [1.82, 2.24) is 9.80 Å². The van der Waals surface area contributed by atoms with Gasteiger partial charge in [-0.2, -0.15) is 0 Å². The lowest BCUT2D eigenvalue weighted by Crippen LogP contribution is -2.38. The van der Waals surface area contributed by atoms with Gasteiger partial charge in [-0.05, 0) is 65.7 Å². The number of carboxylic acids is 1. The first-order chi connectivity index (χ1) is 21.7. The normalized spacial score (nSPS) is 16.3. The summed E-state index contributed by atoms with van der Waals surface area (Å²) in [6, 6.07) is 15.4. The second-order valence-electron chi connectivity index (χ2n) is 10.1. The number of ether oxygens (including phenoxy) is 3. The number of rotatable bonds is 11. The number of halogens is 2. The Hall–Kier alpha value is -3.81. The molecule has 0 radical (unpaired) electrons. The highest BCUT2D eigenvalue weighted by molar-refractivity contribution is 8.26. The van der Waals surface area contributed by atoms with E-state index in [0.717, 1.165) is 30.4 Å². The molecule has 0 atom stereocenters. The first-order valence-corrected chi connectivity index (χ1v) is 15.6. The molecular formula is C32H28ClFN2O7S2. The molecule has 234 valence electrons. The molecule has 0 unspecified atom stereocenters. The van der Waals surface area contributed by atoms with Crippen molar-refractivity contribution < 1.29 is 38.1 Å². The largest absolute Gasteiger partial charge is 0.492 e. The van der Waals surface area contributed by atoms with E-state index in [2.05, 4.69) is 4.90 Å². The number of thiocarbonyl (C=S) groups is 1. The number of nitrogens with zero attached hydrogens (tertiary/aromatic N) is 2. The second kappa shape index (κ2) is 15.0. The number of aromatic carboxylic acids is 1. The van der Waals surface area contributed by atoms with Gasteiger partial charge in [0.2, 0.25) is 0 Å². The van der Waals surface area contributed by atoms with Crippen LogP contribution in [0, 0.1) is 5.82 Å². The average Bonchev–Trinajstić information content (AvgIpc) is 3.30. The maximum absolute atomic E-state index is 13.8. The molecule has 0 aromatic heterocycles. The number of carbonyl (C=O) groups excluding carboxylic acids is 2. The van der Waals surface area contributed by atoms with E-state index >= 15 is 0 Å². The Balaban J connectivity index is 1.30. The van der Waals surface area contributed by atoms with Gasteiger partial charge in [0.1, 0.15) is 28.2 Å². The number of morpholine rings is 1. The average molecular weight is 671 g/mol. The Morgan fingerprint density at radius 2 is 1.76 bits per heavy atom. The highest BCUT2D eigenvalue weighted by Gasteiger charge is 2.32. The minimum Gasteiger partial charge on any atom is -0.492 e. The SMILES string of the molecule is O=C(CCN1C(=O)C(=Cc2cc(-c3ccc(F)c(Cl)c3)ccc2OCCN2CCOCC2)SC1=S)Oc1ccc(C(=O)O)cc1. The zero-order chi connectivity index (χ0) is 31.9. The van der Waals surface area contributed by atoms with E-state index in [9.17, 15) is 18.8 Å². The first kappa shape index (κ1) is 32.6. The summed E-state index contributed by atoms with van der Waals surface area (Å²) in [6.45, 7) is 4.15. The van der Waals surface area contributed by atoms with Gasteiger partial charge in [0.15, 0.2) is 0 Å². The van der Waals surface area contributed by atoms with Gasteiger partial charge in [0.25, 0.3) is 5.91 Å². The molecule has 45 heavy (non-hydrogen) atoms. The number of carboxylic acid groups (broad SMARTS) is 1.